The van der Waals surface area contributed by atoms with Gasteiger partial charge in [0.1, 0.15) is 0 Å². The highest BCUT2D eigenvalue weighted by Gasteiger charge is 2.08. The standard InChI is InChI=1S/C21H19N3O/c1-15-9-10-20-17(13-15)14-22-24(20)12-11-21(25)23-19-8-4-6-16-5-2-3-7-18(16)19/h2-10,13-14H,11-12H2,1H3,(H,23,25). The first-order valence-corrected chi connectivity index (χ1v) is 8.40. The molecule has 0 atom stereocenters. The van der Waals surface area contributed by atoms with E-state index in [-0.39, 0.29) is 5.91 Å². The average Bonchev–Trinajstić information content (AvgIpc) is 3.02. The number of rotatable bonds is 4. The molecule has 1 amide bonds. The molecular weight excluding hydrogens is 310 g/mol. The third kappa shape index (κ3) is 3.11. The fourth-order valence-electron chi connectivity index (χ4n) is 3.14. The van der Waals surface area contributed by atoms with Crippen molar-refractivity contribution < 1.29 is 4.79 Å². The van der Waals surface area contributed by atoms with E-state index >= 15 is 0 Å². The lowest BCUT2D eigenvalue weighted by Crippen LogP contribution is -2.15. The monoisotopic (exact) mass is 329 g/mol. The molecule has 0 aliphatic rings. The Kier molecular flexibility index (Phi) is 3.94. The normalized spacial score (nSPS) is 11.1. The zero-order valence-electron chi connectivity index (χ0n) is 14.1. The van der Waals surface area contributed by atoms with E-state index in [0.717, 1.165) is 27.4 Å². The predicted molar refractivity (Wildman–Crippen MR) is 102 cm³/mol. The number of fused-ring (bicyclic) bond motifs is 2. The summed E-state index contributed by atoms with van der Waals surface area (Å²) in [4.78, 5) is 12.4. The lowest BCUT2D eigenvalue weighted by molar-refractivity contribution is -0.116. The van der Waals surface area contributed by atoms with Crippen molar-refractivity contribution in [2.75, 3.05) is 5.32 Å². The lowest BCUT2D eigenvalue weighted by atomic mass is 10.1. The van der Waals surface area contributed by atoms with Crippen LogP contribution in [-0.4, -0.2) is 15.7 Å². The van der Waals surface area contributed by atoms with Gasteiger partial charge in [0.2, 0.25) is 5.91 Å². The van der Waals surface area contributed by atoms with Crippen LogP contribution < -0.4 is 5.32 Å². The van der Waals surface area contributed by atoms with Gasteiger partial charge in [-0.2, -0.15) is 5.10 Å². The minimum absolute atomic E-state index is 0.00730. The van der Waals surface area contributed by atoms with Gasteiger partial charge in [-0.05, 0) is 30.5 Å². The molecule has 0 bridgehead atoms. The molecule has 1 heterocycles. The van der Waals surface area contributed by atoms with Gasteiger partial charge in [0.25, 0.3) is 0 Å². The van der Waals surface area contributed by atoms with Crippen molar-refractivity contribution in [2.24, 2.45) is 0 Å². The number of nitrogens with zero attached hydrogens (tertiary/aromatic N) is 2. The Bertz CT molecular complexity index is 1060. The van der Waals surface area contributed by atoms with Gasteiger partial charge >= 0.3 is 0 Å². The maximum atomic E-state index is 12.4. The molecule has 0 unspecified atom stereocenters. The molecule has 0 saturated carbocycles. The van der Waals surface area contributed by atoms with Crippen LogP contribution in [0, 0.1) is 6.92 Å². The summed E-state index contributed by atoms with van der Waals surface area (Å²) in [5.74, 6) is -0.00730. The third-order valence-corrected chi connectivity index (χ3v) is 4.41. The number of anilines is 1. The van der Waals surface area contributed by atoms with Gasteiger partial charge in [-0.15, -0.1) is 0 Å². The second-order valence-corrected chi connectivity index (χ2v) is 6.25. The van der Waals surface area contributed by atoms with Crippen molar-refractivity contribution in [3.05, 3.63) is 72.4 Å². The Labute approximate surface area is 146 Å². The van der Waals surface area contributed by atoms with Gasteiger partial charge < -0.3 is 5.32 Å². The fraction of sp³-hybridized carbons (Fsp3) is 0.143. The lowest BCUT2D eigenvalue weighted by Gasteiger charge is -2.09. The van der Waals surface area contributed by atoms with Crippen molar-refractivity contribution in [3.63, 3.8) is 0 Å². The minimum Gasteiger partial charge on any atom is -0.325 e. The zero-order valence-corrected chi connectivity index (χ0v) is 14.1. The minimum atomic E-state index is -0.00730. The van der Waals surface area contributed by atoms with Crippen molar-refractivity contribution in [2.45, 2.75) is 19.9 Å². The molecule has 124 valence electrons. The molecule has 4 aromatic rings. The number of carbonyl (C=O) groups is 1. The van der Waals surface area contributed by atoms with Gasteiger partial charge in [0.05, 0.1) is 18.3 Å². The van der Waals surface area contributed by atoms with Gasteiger partial charge in [-0.1, -0.05) is 48.0 Å². The highest BCUT2D eigenvalue weighted by atomic mass is 16.1. The highest BCUT2D eigenvalue weighted by Crippen LogP contribution is 2.23. The van der Waals surface area contributed by atoms with E-state index < -0.39 is 0 Å². The smallest absolute Gasteiger partial charge is 0.226 e. The van der Waals surface area contributed by atoms with Crippen LogP contribution >= 0.6 is 0 Å². The van der Waals surface area contributed by atoms with Gasteiger partial charge in [0.15, 0.2) is 0 Å². The Morgan fingerprint density at radius 1 is 1.04 bits per heavy atom. The van der Waals surface area contributed by atoms with E-state index in [1.165, 1.54) is 5.56 Å². The number of carbonyl (C=O) groups excluding carboxylic acids is 1. The molecule has 0 fully saturated rings. The van der Waals surface area contributed by atoms with E-state index in [2.05, 4.69) is 35.5 Å². The largest absolute Gasteiger partial charge is 0.325 e. The topological polar surface area (TPSA) is 46.9 Å². The number of hydrogen-bond donors (Lipinski definition) is 1. The molecule has 1 aromatic heterocycles. The van der Waals surface area contributed by atoms with E-state index in [0.29, 0.717) is 13.0 Å². The van der Waals surface area contributed by atoms with E-state index in [9.17, 15) is 4.79 Å². The van der Waals surface area contributed by atoms with Crippen LogP contribution in [0.5, 0.6) is 0 Å². The van der Waals surface area contributed by atoms with E-state index in [1.807, 2.05) is 53.3 Å². The summed E-state index contributed by atoms with van der Waals surface area (Å²) < 4.78 is 1.89. The molecular formula is C21H19N3O. The van der Waals surface area contributed by atoms with Crippen LogP contribution in [0.4, 0.5) is 5.69 Å². The molecule has 0 spiro atoms. The van der Waals surface area contributed by atoms with Gasteiger partial charge in [-0.25, -0.2) is 0 Å². The van der Waals surface area contributed by atoms with Gasteiger partial charge in [0, 0.05) is 22.9 Å². The summed E-state index contributed by atoms with van der Waals surface area (Å²) in [5, 5.41) is 10.7. The quantitative estimate of drug-likeness (QED) is 0.598. The predicted octanol–water partition coefficient (Wildman–Crippen LogP) is 4.53. The fourth-order valence-corrected chi connectivity index (χ4v) is 3.14. The Morgan fingerprint density at radius 2 is 1.88 bits per heavy atom. The number of amides is 1. The maximum absolute atomic E-state index is 12.4. The molecule has 3 aromatic carbocycles. The van der Waals surface area contributed by atoms with Crippen LogP contribution in [0.1, 0.15) is 12.0 Å². The molecule has 4 rings (SSSR count). The number of aromatic nitrogens is 2. The highest BCUT2D eigenvalue weighted by molar-refractivity contribution is 6.02. The molecule has 0 saturated heterocycles. The van der Waals surface area contributed by atoms with E-state index in [4.69, 9.17) is 0 Å². The SMILES string of the molecule is Cc1ccc2c(cnn2CCC(=O)Nc2cccc3ccccc23)c1. The van der Waals surface area contributed by atoms with Crippen LogP contribution in [0.3, 0.4) is 0 Å². The van der Waals surface area contributed by atoms with Crippen LogP contribution in [0.2, 0.25) is 0 Å². The second-order valence-electron chi connectivity index (χ2n) is 6.25. The summed E-state index contributed by atoms with van der Waals surface area (Å²) in [6, 6.07) is 20.2. The first-order chi connectivity index (χ1) is 12.2. The molecule has 1 N–H and O–H groups in total. The maximum Gasteiger partial charge on any atom is 0.226 e. The van der Waals surface area contributed by atoms with Crippen molar-refractivity contribution in [1.82, 2.24) is 9.78 Å². The first-order valence-electron chi connectivity index (χ1n) is 8.40. The third-order valence-electron chi connectivity index (χ3n) is 4.41. The molecule has 0 aliphatic carbocycles. The summed E-state index contributed by atoms with van der Waals surface area (Å²) in [5.41, 5.74) is 3.12. The summed E-state index contributed by atoms with van der Waals surface area (Å²) >= 11 is 0. The van der Waals surface area contributed by atoms with Gasteiger partial charge in [-0.3, -0.25) is 9.48 Å². The van der Waals surface area contributed by atoms with Crippen molar-refractivity contribution >= 4 is 33.3 Å². The number of benzene rings is 3. The molecule has 0 radical (unpaired) electrons. The Balaban J connectivity index is 1.48. The van der Waals surface area contributed by atoms with Crippen LogP contribution in [0.25, 0.3) is 21.7 Å². The van der Waals surface area contributed by atoms with E-state index in [1.54, 1.807) is 0 Å². The summed E-state index contributed by atoms with van der Waals surface area (Å²) in [6.45, 7) is 2.62. The summed E-state index contributed by atoms with van der Waals surface area (Å²) in [7, 11) is 0. The Morgan fingerprint density at radius 3 is 2.80 bits per heavy atom. The van der Waals surface area contributed by atoms with Crippen LogP contribution in [0.15, 0.2) is 66.9 Å². The van der Waals surface area contributed by atoms with Crippen molar-refractivity contribution in [3.8, 4) is 0 Å². The summed E-state index contributed by atoms with van der Waals surface area (Å²) in [6.07, 6.45) is 2.23. The number of aryl methyl sites for hydroxylation is 2. The van der Waals surface area contributed by atoms with Crippen LogP contribution in [-0.2, 0) is 11.3 Å². The number of nitrogens with one attached hydrogen (secondary N) is 1. The molecule has 4 heteroatoms. The Hall–Kier alpha value is -3.14. The zero-order chi connectivity index (χ0) is 17.2. The average molecular weight is 329 g/mol. The first kappa shape index (κ1) is 15.4. The van der Waals surface area contributed by atoms with Crippen molar-refractivity contribution in [1.29, 1.82) is 0 Å². The molecule has 25 heavy (non-hydrogen) atoms. The second kappa shape index (κ2) is 6.40. The molecule has 0 aliphatic heterocycles. The molecule has 4 nitrogen and oxygen atoms in total. The number of hydrogen-bond acceptors (Lipinski definition) is 2.